The first-order valence-corrected chi connectivity index (χ1v) is 7.74. The molecule has 0 spiro atoms. The fraction of sp³-hybridized carbons (Fsp3) is 0.600. The number of nitrogens with one attached hydrogen (secondary N) is 1. The molecule has 0 atom stereocenters. The largest absolute Gasteiger partial charge is 0.356 e. The molecule has 1 N–H and O–H groups in total. The third kappa shape index (κ3) is 1.97. The summed E-state index contributed by atoms with van der Waals surface area (Å²) in [4.78, 5) is 7.35. The van der Waals surface area contributed by atoms with Crippen LogP contribution in [0.2, 0.25) is 0 Å². The summed E-state index contributed by atoms with van der Waals surface area (Å²) >= 11 is 0. The van der Waals surface area contributed by atoms with Crippen molar-refractivity contribution in [2.24, 2.45) is 0 Å². The molecular weight excluding hydrogens is 250 g/mol. The van der Waals surface area contributed by atoms with Crippen LogP contribution in [0.3, 0.4) is 0 Å². The lowest BCUT2D eigenvalue weighted by molar-refractivity contribution is 0.565. The highest BCUT2D eigenvalue weighted by Gasteiger charge is 2.23. The monoisotopic (exact) mass is 271 g/mol. The molecule has 0 aromatic carbocycles. The molecule has 2 aliphatic rings. The summed E-state index contributed by atoms with van der Waals surface area (Å²) in [7, 11) is 0. The molecule has 5 nitrogen and oxygen atoms in total. The Kier molecular flexibility index (Phi) is 3.07. The molecule has 2 aromatic rings. The summed E-state index contributed by atoms with van der Waals surface area (Å²) in [6.07, 6.45) is 7.89. The Balaban J connectivity index is 1.90. The van der Waals surface area contributed by atoms with Crippen molar-refractivity contribution in [3.8, 4) is 0 Å². The molecular formula is C15H21N5. The number of hydrogen-bond acceptors (Lipinski definition) is 4. The number of nitrogens with zero attached hydrogens (tertiary/aromatic N) is 4. The van der Waals surface area contributed by atoms with E-state index in [0.29, 0.717) is 0 Å². The predicted octanol–water partition coefficient (Wildman–Crippen LogP) is 1.41. The fourth-order valence-corrected chi connectivity index (χ4v) is 3.45. The van der Waals surface area contributed by atoms with Crippen molar-refractivity contribution in [1.29, 1.82) is 0 Å². The van der Waals surface area contributed by atoms with E-state index in [1.807, 2.05) is 12.3 Å². The molecule has 106 valence electrons. The van der Waals surface area contributed by atoms with Crippen LogP contribution in [0.1, 0.15) is 30.5 Å². The van der Waals surface area contributed by atoms with Crippen molar-refractivity contribution in [2.75, 3.05) is 31.1 Å². The zero-order valence-corrected chi connectivity index (χ0v) is 11.8. The summed E-state index contributed by atoms with van der Waals surface area (Å²) in [5.41, 5.74) is 3.67. The Labute approximate surface area is 119 Å². The minimum absolute atomic E-state index is 0.992. The van der Waals surface area contributed by atoms with Gasteiger partial charge in [0, 0.05) is 37.7 Å². The van der Waals surface area contributed by atoms with Crippen LogP contribution in [0.15, 0.2) is 12.3 Å². The van der Waals surface area contributed by atoms with E-state index in [9.17, 15) is 0 Å². The molecule has 1 fully saturated rings. The second kappa shape index (κ2) is 5.05. The molecule has 1 saturated heterocycles. The van der Waals surface area contributed by atoms with Gasteiger partial charge in [-0.1, -0.05) is 0 Å². The van der Waals surface area contributed by atoms with E-state index >= 15 is 0 Å². The first kappa shape index (κ1) is 12.1. The first-order chi connectivity index (χ1) is 9.93. The lowest BCUT2D eigenvalue weighted by Crippen LogP contribution is -2.33. The Hall–Kier alpha value is -1.62. The highest BCUT2D eigenvalue weighted by atomic mass is 15.3. The average Bonchev–Trinajstić information content (AvgIpc) is 2.82. The van der Waals surface area contributed by atoms with Crippen molar-refractivity contribution >= 4 is 11.5 Å². The molecule has 0 amide bonds. The predicted molar refractivity (Wildman–Crippen MR) is 79.3 cm³/mol. The average molecular weight is 271 g/mol. The zero-order chi connectivity index (χ0) is 13.4. The molecule has 20 heavy (non-hydrogen) atoms. The van der Waals surface area contributed by atoms with E-state index in [2.05, 4.69) is 19.8 Å². The number of fused-ring (bicyclic) bond motifs is 2. The molecule has 0 radical (unpaired) electrons. The molecule has 0 aliphatic carbocycles. The van der Waals surface area contributed by atoms with Gasteiger partial charge in [0.1, 0.15) is 5.82 Å². The molecule has 5 heteroatoms. The molecule has 0 unspecified atom stereocenters. The minimum atomic E-state index is 0.992. The van der Waals surface area contributed by atoms with Crippen LogP contribution < -0.4 is 10.2 Å². The third-order valence-corrected chi connectivity index (χ3v) is 4.44. The van der Waals surface area contributed by atoms with Gasteiger partial charge in [-0.05, 0) is 32.2 Å². The van der Waals surface area contributed by atoms with Crippen molar-refractivity contribution < 1.29 is 0 Å². The summed E-state index contributed by atoms with van der Waals surface area (Å²) in [6.45, 7) is 4.38. The topological polar surface area (TPSA) is 45.5 Å². The SMILES string of the molecule is c1cc2nc3c(c(N4CCCCC4)n2n1)CCNCC3. The number of aromatic nitrogens is 3. The van der Waals surface area contributed by atoms with Crippen LogP contribution in [0.25, 0.3) is 5.65 Å². The van der Waals surface area contributed by atoms with Gasteiger partial charge in [-0.2, -0.15) is 9.61 Å². The van der Waals surface area contributed by atoms with Crippen LogP contribution in [-0.4, -0.2) is 40.8 Å². The van der Waals surface area contributed by atoms with E-state index in [1.54, 1.807) is 0 Å². The summed E-state index contributed by atoms with van der Waals surface area (Å²) in [5, 5.41) is 8.01. The maximum absolute atomic E-state index is 4.83. The minimum Gasteiger partial charge on any atom is -0.356 e. The van der Waals surface area contributed by atoms with Gasteiger partial charge in [0.2, 0.25) is 0 Å². The Bertz CT molecular complexity index is 612. The quantitative estimate of drug-likeness (QED) is 0.852. The van der Waals surface area contributed by atoms with Gasteiger partial charge in [-0.3, -0.25) is 0 Å². The molecule has 2 aliphatic heterocycles. The van der Waals surface area contributed by atoms with Gasteiger partial charge in [0.25, 0.3) is 0 Å². The van der Waals surface area contributed by atoms with Crippen molar-refractivity contribution in [3.05, 3.63) is 23.5 Å². The number of hydrogen-bond donors (Lipinski definition) is 1. The summed E-state index contributed by atoms with van der Waals surface area (Å²) < 4.78 is 2.05. The van der Waals surface area contributed by atoms with E-state index in [4.69, 9.17) is 4.98 Å². The van der Waals surface area contributed by atoms with Gasteiger partial charge >= 0.3 is 0 Å². The standard InChI is InChI=1S/C15H21N5/c1-2-10-19(11-3-1)15-12-4-7-16-8-5-13(12)18-14-6-9-17-20(14)15/h6,9,16H,1-5,7-8,10-11H2. The smallest absolute Gasteiger partial charge is 0.157 e. The van der Waals surface area contributed by atoms with E-state index in [1.165, 1.54) is 36.3 Å². The molecule has 4 heterocycles. The molecule has 0 saturated carbocycles. The first-order valence-electron chi connectivity index (χ1n) is 7.74. The highest BCUT2D eigenvalue weighted by molar-refractivity contribution is 5.57. The van der Waals surface area contributed by atoms with Crippen LogP contribution in [0.4, 0.5) is 5.82 Å². The van der Waals surface area contributed by atoms with Gasteiger partial charge in [-0.15, -0.1) is 0 Å². The summed E-state index contributed by atoms with van der Waals surface area (Å²) in [6, 6.07) is 2.02. The number of rotatable bonds is 1. The van der Waals surface area contributed by atoms with E-state index < -0.39 is 0 Å². The second-order valence-corrected chi connectivity index (χ2v) is 5.76. The second-order valence-electron chi connectivity index (χ2n) is 5.76. The normalized spacial score (nSPS) is 19.9. The van der Waals surface area contributed by atoms with Crippen LogP contribution in [-0.2, 0) is 12.8 Å². The zero-order valence-electron chi connectivity index (χ0n) is 11.8. The van der Waals surface area contributed by atoms with Crippen LogP contribution >= 0.6 is 0 Å². The number of anilines is 1. The molecule has 0 bridgehead atoms. The third-order valence-electron chi connectivity index (χ3n) is 4.44. The number of piperidine rings is 1. The lowest BCUT2D eigenvalue weighted by Gasteiger charge is -2.31. The van der Waals surface area contributed by atoms with Crippen molar-refractivity contribution in [3.63, 3.8) is 0 Å². The van der Waals surface area contributed by atoms with Crippen LogP contribution in [0.5, 0.6) is 0 Å². The van der Waals surface area contributed by atoms with E-state index in [-0.39, 0.29) is 0 Å². The van der Waals surface area contributed by atoms with Gasteiger partial charge < -0.3 is 10.2 Å². The highest BCUT2D eigenvalue weighted by Crippen LogP contribution is 2.28. The van der Waals surface area contributed by atoms with Gasteiger partial charge in [0.05, 0.1) is 11.9 Å². The fourth-order valence-electron chi connectivity index (χ4n) is 3.45. The van der Waals surface area contributed by atoms with Crippen molar-refractivity contribution in [1.82, 2.24) is 19.9 Å². The summed E-state index contributed by atoms with van der Waals surface area (Å²) in [5.74, 6) is 1.30. The van der Waals surface area contributed by atoms with Gasteiger partial charge in [-0.25, -0.2) is 4.98 Å². The lowest BCUT2D eigenvalue weighted by atomic mass is 10.1. The maximum Gasteiger partial charge on any atom is 0.157 e. The Morgan fingerprint density at radius 3 is 2.80 bits per heavy atom. The van der Waals surface area contributed by atoms with Crippen LogP contribution in [0, 0.1) is 0 Å². The molecule has 2 aromatic heterocycles. The van der Waals surface area contributed by atoms with Gasteiger partial charge in [0.15, 0.2) is 5.65 Å². The van der Waals surface area contributed by atoms with E-state index in [0.717, 1.165) is 44.7 Å². The maximum atomic E-state index is 4.83. The Morgan fingerprint density at radius 2 is 1.90 bits per heavy atom. The molecule has 4 rings (SSSR count). The Morgan fingerprint density at radius 1 is 1.05 bits per heavy atom. The van der Waals surface area contributed by atoms with Crippen molar-refractivity contribution in [2.45, 2.75) is 32.1 Å².